The zero-order chi connectivity index (χ0) is 18.1. The minimum absolute atomic E-state index is 0.276. The predicted octanol–water partition coefficient (Wildman–Crippen LogP) is 3.20. The summed E-state index contributed by atoms with van der Waals surface area (Å²) in [7, 11) is 0. The lowest BCUT2D eigenvalue weighted by atomic mass is 10.3. The van der Waals surface area contributed by atoms with Crippen LogP contribution in [0, 0.1) is 6.92 Å². The van der Waals surface area contributed by atoms with Crippen LogP contribution in [0.1, 0.15) is 16.1 Å². The number of para-hydroxylation sites is 1. The highest BCUT2D eigenvalue weighted by atomic mass is 32.2. The molecule has 0 fully saturated rings. The van der Waals surface area contributed by atoms with Crippen molar-refractivity contribution in [3.05, 3.63) is 66.2 Å². The molecular formula is C18H16N6OS. The minimum Gasteiger partial charge on any atom is -0.306 e. The standard InChI is InChI=1S/C18H16N6OS/c1-12-10-16(24(22-12)14-6-3-4-7-15(14)26-2)21-18(25)13-11-20-23-9-5-8-19-17(13)23/h3-11H,1-2H3,(H,21,25). The molecule has 4 rings (SSSR count). The van der Waals surface area contributed by atoms with Crippen LogP contribution in [0.2, 0.25) is 0 Å². The van der Waals surface area contributed by atoms with Crippen molar-refractivity contribution in [3.63, 3.8) is 0 Å². The number of thioether (sulfide) groups is 1. The molecule has 1 N–H and O–H groups in total. The molecule has 130 valence electrons. The average molecular weight is 364 g/mol. The van der Waals surface area contributed by atoms with Gasteiger partial charge in [-0.25, -0.2) is 14.2 Å². The first kappa shape index (κ1) is 16.3. The van der Waals surface area contributed by atoms with Crippen LogP contribution >= 0.6 is 11.8 Å². The molecule has 7 nitrogen and oxygen atoms in total. The summed E-state index contributed by atoms with van der Waals surface area (Å²) in [5.74, 6) is 0.325. The molecule has 26 heavy (non-hydrogen) atoms. The van der Waals surface area contributed by atoms with Gasteiger partial charge >= 0.3 is 0 Å². The van der Waals surface area contributed by atoms with Crippen LogP contribution in [0.5, 0.6) is 0 Å². The molecule has 3 aromatic heterocycles. The summed E-state index contributed by atoms with van der Waals surface area (Å²) in [5.41, 5.74) is 2.65. The molecule has 0 spiro atoms. The summed E-state index contributed by atoms with van der Waals surface area (Å²) in [5, 5.41) is 11.6. The Morgan fingerprint density at radius 1 is 1.23 bits per heavy atom. The highest BCUT2D eigenvalue weighted by molar-refractivity contribution is 7.98. The first-order valence-corrected chi connectivity index (χ1v) is 9.19. The Kier molecular flexibility index (Phi) is 4.18. The molecule has 1 amide bonds. The van der Waals surface area contributed by atoms with Gasteiger partial charge in [0.25, 0.3) is 5.91 Å². The fourth-order valence-electron chi connectivity index (χ4n) is 2.75. The Labute approximate surface area is 154 Å². The maximum Gasteiger partial charge on any atom is 0.262 e. The number of rotatable bonds is 4. The molecule has 0 saturated heterocycles. The Balaban J connectivity index is 1.72. The second-order valence-electron chi connectivity index (χ2n) is 5.65. The minimum atomic E-state index is -0.276. The monoisotopic (exact) mass is 364 g/mol. The van der Waals surface area contributed by atoms with Crippen LogP contribution in [-0.4, -0.2) is 36.5 Å². The van der Waals surface area contributed by atoms with Gasteiger partial charge in [-0.15, -0.1) is 11.8 Å². The number of benzene rings is 1. The van der Waals surface area contributed by atoms with Gasteiger partial charge in [-0.05, 0) is 31.4 Å². The number of hydrogen-bond donors (Lipinski definition) is 1. The fourth-order valence-corrected chi connectivity index (χ4v) is 3.33. The van der Waals surface area contributed by atoms with Crippen molar-refractivity contribution in [2.24, 2.45) is 0 Å². The number of nitrogens with one attached hydrogen (secondary N) is 1. The summed E-state index contributed by atoms with van der Waals surface area (Å²) < 4.78 is 3.32. The fraction of sp³-hybridized carbons (Fsp3) is 0.111. The van der Waals surface area contributed by atoms with Gasteiger partial charge < -0.3 is 5.32 Å². The van der Waals surface area contributed by atoms with Gasteiger partial charge in [0.15, 0.2) is 5.65 Å². The lowest BCUT2D eigenvalue weighted by Crippen LogP contribution is -2.15. The van der Waals surface area contributed by atoms with Gasteiger partial charge in [0.2, 0.25) is 0 Å². The third-order valence-electron chi connectivity index (χ3n) is 3.91. The third-order valence-corrected chi connectivity index (χ3v) is 4.70. The number of hydrogen-bond acceptors (Lipinski definition) is 5. The molecule has 0 aliphatic rings. The number of carbonyl (C=O) groups is 1. The van der Waals surface area contributed by atoms with Crippen LogP contribution in [0.4, 0.5) is 5.82 Å². The zero-order valence-electron chi connectivity index (χ0n) is 14.2. The van der Waals surface area contributed by atoms with E-state index in [1.165, 1.54) is 6.20 Å². The first-order valence-electron chi connectivity index (χ1n) is 7.97. The lowest BCUT2D eigenvalue weighted by molar-refractivity contribution is 0.102. The molecule has 8 heteroatoms. The molecule has 1 aromatic carbocycles. The summed E-state index contributed by atoms with van der Waals surface area (Å²) in [6.07, 6.45) is 6.92. The van der Waals surface area contributed by atoms with E-state index in [-0.39, 0.29) is 5.91 Å². The molecule has 0 unspecified atom stereocenters. The third kappa shape index (κ3) is 2.84. The second-order valence-corrected chi connectivity index (χ2v) is 6.50. The maximum atomic E-state index is 12.8. The number of aryl methyl sites for hydroxylation is 1. The Morgan fingerprint density at radius 3 is 2.92 bits per heavy atom. The summed E-state index contributed by atoms with van der Waals surface area (Å²) in [6.45, 7) is 1.89. The Hall–Kier alpha value is -3.13. The van der Waals surface area contributed by atoms with E-state index >= 15 is 0 Å². The van der Waals surface area contributed by atoms with Crippen molar-refractivity contribution in [2.45, 2.75) is 11.8 Å². The van der Waals surface area contributed by atoms with Gasteiger partial charge in [0.1, 0.15) is 11.4 Å². The topological polar surface area (TPSA) is 77.1 Å². The van der Waals surface area contributed by atoms with Crippen LogP contribution in [0.3, 0.4) is 0 Å². The van der Waals surface area contributed by atoms with Crippen LogP contribution in [0.25, 0.3) is 11.3 Å². The molecule has 0 aliphatic carbocycles. The van der Waals surface area contributed by atoms with Crippen LogP contribution in [-0.2, 0) is 0 Å². The van der Waals surface area contributed by atoms with Gasteiger partial charge in [0, 0.05) is 23.4 Å². The van der Waals surface area contributed by atoms with Crippen molar-refractivity contribution in [1.29, 1.82) is 0 Å². The largest absolute Gasteiger partial charge is 0.306 e. The predicted molar refractivity (Wildman–Crippen MR) is 101 cm³/mol. The number of nitrogens with zero attached hydrogens (tertiary/aromatic N) is 5. The molecule has 0 saturated carbocycles. The van der Waals surface area contributed by atoms with E-state index in [4.69, 9.17) is 0 Å². The van der Waals surface area contributed by atoms with E-state index < -0.39 is 0 Å². The van der Waals surface area contributed by atoms with Crippen molar-refractivity contribution in [2.75, 3.05) is 11.6 Å². The number of anilines is 1. The molecule has 0 bridgehead atoms. The molecule has 0 atom stereocenters. The summed E-state index contributed by atoms with van der Waals surface area (Å²) in [6, 6.07) is 11.5. The number of amides is 1. The molecule has 0 radical (unpaired) electrons. The maximum absolute atomic E-state index is 12.8. The van der Waals surface area contributed by atoms with E-state index in [0.29, 0.717) is 17.0 Å². The van der Waals surface area contributed by atoms with Gasteiger partial charge in [-0.1, -0.05) is 12.1 Å². The van der Waals surface area contributed by atoms with Crippen molar-refractivity contribution in [1.82, 2.24) is 24.4 Å². The highest BCUT2D eigenvalue weighted by Crippen LogP contribution is 2.27. The molecule has 4 aromatic rings. The van der Waals surface area contributed by atoms with E-state index in [1.54, 1.807) is 39.4 Å². The summed E-state index contributed by atoms with van der Waals surface area (Å²) >= 11 is 1.63. The van der Waals surface area contributed by atoms with Crippen LogP contribution < -0.4 is 5.32 Å². The Bertz CT molecular complexity index is 1100. The summed E-state index contributed by atoms with van der Waals surface area (Å²) in [4.78, 5) is 18.1. The second kappa shape index (κ2) is 6.64. The lowest BCUT2D eigenvalue weighted by Gasteiger charge is -2.11. The van der Waals surface area contributed by atoms with Gasteiger partial charge in [0.05, 0.1) is 17.6 Å². The number of carbonyl (C=O) groups excluding carboxylic acids is 1. The van der Waals surface area contributed by atoms with Gasteiger partial charge in [-0.2, -0.15) is 10.2 Å². The van der Waals surface area contributed by atoms with Crippen molar-refractivity contribution >= 4 is 29.1 Å². The average Bonchev–Trinajstić information content (AvgIpc) is 3.25. The highest BCUT2D eigenvalue weighted by Gasteiger charge is 2.17. The first-order chi connectivity index (χ1) is 12.7. The van der Waals surface area contributed by atoms with Crippen molar-refractivity contribution in [3.8, 4) is 5.69 Å². The zero-order valence-corrected chi connectivity index (χ0v) is 15.1. The Morgan fingerprint density at radius 2 is 2.08 bits per heavy atom. The SMILES string of the molecule is CSc1ccccc1-n1nc(C)cc1NC(=O)c1cnn2cccnc12. The van der Waals surface area contributed by atoms with Crippen LogP contribution in [0.15, 0.2) is 59.9 Å². The molecule has 3 heterocycles. The van der Waals surface area contributed by atoms with Crippen molar-refractivity contribution < 1.29 is 4.79 Å². The molecule has 0 aliphatic heterocycles. The smallest absolute Gasteiger partial charge is 0.262 e. The van der Waals surface area contributed by atoms with E-state index in [0.717, 1.165) is 16.3 Å². The molecular weight excluding hydrogens is 348 g/mol. The van der Waals surface area contributed by atoms with E-state index in [1.807, 2.05) is 43.5 Å². The van der Waals surface area contributed by atoms with Gasteiger partial charge in [-0.3, -0.25) is 4.79 Å². The quantitative estimate of drug-likeness (QED) is 0.563. The normalized spacial score (nSPS) is 11.0. The van der Waals surface area contributed by atoms with E-state index in [2.05, 4.69) is 20.5 Å². The number of fused-ring (bicyclic) bond motifs is 1. The number of aromatic nitrogens is 5. The van der Waals surface area contributed by atoms with E-state index in [9.17, 15) is 4.79 Å².